The third kappa shape index (κ3) is 4.36. The molecule has 1 spiro atoms. The topological polar surface area (TPSA) is 105 Å². The normalized spacial score (nSPS) is 28.9. The molecule has 10 heteroatoms. The van der Waals surface area contributed by atoms with Crippen molar-refractivity contribution in [3.63, 3.8) is 0 Å². The average Bonchev–Trinajstić information content (AvgIpc) is 3.42. The minimum Gasteiger partial charge on any atom is -0.408 e. The highest BCUT2D eigenvalue weighted by molar-refractivity contribution is 7.89. The van der Waals surface area contributed by atoms with Gasteiger partial charge in [0.15, 0.2) is 5.58 Å². The molecule has 3 aromatic rings. The number of nitrogens with zero attached hydrogens (tertiary/aromatic N) is 1. The van der Waals surface area contributed by atoms with Crippen LogP contribution in [0.5, 0.6) is 0 Å². The van der Waals surface area contributed by atoms with Crippen LogP contribution < -0.4 is 10.5 Å². The number of ether oxygens (including phenoxy) is 1. The molecule has 1 saturated carbocycles. The van der Waals surface area contributed by atoms with Gasteiger partial charge in [0.1, 0.15) is 0 Å². The summed E-state index contributed by atoms with van der Waals surface area (Å²) in [7, 11) is -3.67. The lowest BCUT2D eigenvalue weighted by Gasteiger charge is -2.49. The van der Waals surface area contributed by atoms with Crippen molar-refractivity contribution in [2.45, 2.75) is 75.0 Å². The molecule has 1 aromatic carbocycles. The van der Waals surface area contributed by atoms with Gasteiger partial charge in [-0.05, 0) is 68.7 Å². The fraction of sp³-hybridized carbons (Fsp3) is 0.577. The van der Waals surface area contributed by atoms with E-state index in [2.05, 4.69) is 34.5 Å². The number of H-pyrrole nitrogens is 1. The molecule has 3 aliphatic rings. The third-order valence-corrected chi connectivity index (χ3v) is 11.1. The quantitative estimate of drug-likeness (QED) is 0.489. The first-order valence-electron chi connectivity index (χ1n) is 12.9. The molecule has 0 amide bonds. The second-order valence-electron chi connectivity index (χ2n) is 10.6. The van der Waals surface area contributed by atoms with Gasteiger partial charge in [0, 0.05) is 50.3 Å². The SMILES string of the molecule is CCc1cc2c(s1)CCO[C@@]21CCN(CC2CC(NS(=O)(=O)c3ccc4[nH]c(=O)oc4c3)C2)[C@@H](C)C1.[HH].[HH]. The van der Waals surface area contributed by atoms with Crippen molar-refractivity contribution in [3.05, 3.63) is 50.1 Å². The number of piperidine rings is 1. The lowest BCUT2D eigenvalue weighted by Crippen LogP contribution is -2.54. The van der Waals surface area contributed by atoms with Gasteiger partial charge in [-0.25, -0.2) is 17.9 Å². The molecule has 2 aromatic heterocycles. The molecule has 2 fully saturated rings. The van der Waals surface area contributed by atoms with Crippen LogP contribution >= 0.6 is 11.3 Å². The minimum atomic E-state index is -3.67. The Morgan fingerprint density at radius 3 is 2.92 bits per heavy atom. The Balaban J connectivity index is 0.00000168. The zero-order valence-electron chi connectivity index (χ0n) is 20.7. The Morgan fingerprint density at radius 2 is 2.14 bits per heavy atom. The molecule has 6 rings (SSSR count). The summed E-state index contributed by atoms with van der Waals surface area (Å²) in [5.74, 6) is -0.112. The van der Waals surface area contributed by atoms with Gasteiger partial charge in [0.05, 0.1) is 22.6 Å². The highest BCUT2D eigenvalue weighted by Gasteiger charge is 2.45. The first-order valence-corrected chi connectivity index (χ1v) is 15.2. The van der Waals surface area contributed by atoms with Crippen molar-refractivity contribution in [3.8, 4) is 0 Å². The van der Waals surface area contributed by atoms with Gasteiger partial charge in [0.25, 0.3) is 0 Å². The molecule has 0 bridgehead atoms. The van der Waals surface area contributed by atoms with E-state index in [1.54, 1.807) is 6.07 Å². The van der Waals surface area contributed by atoms with E-state index in [9.17, 15) is 13.2 Å². The van der Waals surface area contributed by atoms with E-state index in [0.29, 0.717) is 17.5 Å². The Morgan fingerprint density at radius 1 is 1.31 bits per heavy atom. The smallest absolute Gasteiger partial charge is 0.408 e. The molecule has 2 atom stereocenters. The lowest BCUT2D eigenvalue weighted by molar-refractivity contribution is -0.114. The number of likely N-dealkylation sites (tertiary alicyclic amines) is 1. The molecule has 4 heterocycles. The second-order valence-corrected chi connectivity index (χ2v) is 13.6. The Hall–Kier alpha value is -1.98. The number of aromatic amines is 1. The van der Waals surface area contributed by atoms with Gasteiger partial charge in [-0.3, -0.25) is 4.98 Å². The van der Waals surface area contributed by atoms with Gasteiger partial charge in [-0.1, -0.05) is 6.92 Å². The van der Waals surface area contributed by atoms with Crippen LogP contribution in [0.3, 0.4) is 0 Å². The molecular weight excluding hydrogens is 498 g/mol. The number of fused-ring (bicyclic) bond motifs is 3. The summed E-state index contributed by atoms with van der Waals surface area (Å²) in [6.07, 6.45) is 5.82. The largest absolute Gasteiger partial charge is 0.417 e. The van der Waals surface area contributed by atoms with Crippen molar-refractivity contribution < 1.29 is 20.4 Å². The number of thiophene rings is 1. The van der Waals surface area contributed by atoms with E-state index in [1.165, 1.54) is 27.5 Å². The highest BCUT2D eigenvalue weighted by Crippen LogP contribution is 2.46. The van der Waals surface area contributed by atoms with E-state index in [-0.39, 0.29) is 25.0 Å². The van der Waals surface area contributed by atoms with E-state index in [4.69, 9.17) is 9.15 Å². The summed E-state index contributed by atoms with van der Waals surface area (Å²) in [6.45, 7) is 7.35. The van der Waals surface area contributed by atoms with Crippen LogP contribution in [0.4, 0.5) is 0 Å². The van der Waals surface area contributed by atoms with Crippen LogP contribution in [0.1, 0.15) is 57.7 Å². The molecular formula is C26H37N3O5S2. The molecule has 0 radical (unpaired) electrons. The average molecular weight is 536 g/mol. The van der Waals surface area contributed by atoms with Crippen LogP contribution in [0.2, 0.25) is 0 Å². The summed E-state index contributed by atoms with van der Waals surface area (Å²) >= 11 is 1.96. The number of nitrogens with one attached hydrogen (secondary N) is 2. The first-order chi connectivity index (χ1) is 17.2. The summed E-state index contributed by atoms with van der Waals surface area (Å²) in [6, 6.07) is 7.20. The summed E-state index contributed by atoms with van der Waals surface area (Å²) in [4.78, 5) is 19.5. The standard InChI is InChI=1S/C26H33N3O5S2.2H2/c1-3-19-12-21-24(35-19)6-9-33-26(21)7-8-29(16(2)14-26)15-17-10-18(11-17)28-36(31,32)20-4-5-22-23(13-20)34-25(30)27-22;;/h4-5,12-13,16-18,28H,3,6-11,14-15H2,1-2H3,(H,27,30);2*1H/t16-,17?,18?,26+;;/m0../s1. The first kappa shape index (κ1) is 24.4. The van der Waals surface area contributed by atoms with Gasteiger partial charge in [-0.15, -0.1) is 11.3 Å². The molecule has 2 aliphatic heterocycles. The predicted molar refractivity (Wildman–Crippen MR) is 143 cm³/mol. The molecule has 0 unspecified atom stereocenters. The fourth-order valence-corrected chi connectivity index (χ4v) is 8.69. The molecule has 1 aliphatic carbocycles. The minimum absolute atomic E-state index is 0. The summed E-state index contributed by atoms with van der Waals surface area (Å²) in [5.41, 5.74) is 2.04. The maximum Gasteiger partial charge on any atom is 0.417 e. The number of rotatable bonds is 6. The van der Waals surface area contributed by atoms with Crippen molar-refractivity contribution >= 4 is 32.5 Å². The van der Waals surface area contributed by atoms with Crippen LogP contribution in [0, 0.1) is 5.92 Å². The van der Waals surface area contributed by atoms with Crippen LogP contribution in [0.15, 0.2) is 38.4 Å². The van der Waals surface area contributed by atoms with Gasteiger partial charge < -0.3 is 14.1 Å². The lowest BCUT2D eigenvalue weighted by atomic mass is 9.77. The maximum absolute atomic E-state index is 12.9. The zero-order valence-corrected chi connectivity index (χ0v) is 22.3. The molecule has 1 saturated heterocycles. The van der Waals surface area contributed by atoms with Crippen molar-refractivity contribution in [1.29, 1.82) is 0 Å². The maximum atomic E-state index is 12.9. The Bertz CT molecular complexity index is 1450. The van der Waals surface area contributed by atoms with Crippen molar-refractivity contribution in [1.82, 2.24) is 14.6 Å². The molecule has 2 N–H and O–H groups in total. The molecule has 198 valence electrons. The zero-order chi connectivity index (χ0) is 25.1. The summed E-state index contributed by atoms with van der Waals surface area (Å²) < 4.78 is 40.0. The van der Waals surface area contributed by atoms with Gasteiger partial charge >= 0.3 is 5.76 Å². The monoisotopic (exact) mass is 535 g/mol. The molecule has 36 heavy (non-hydrogen) atoms. The van der Waals surface area contributed by atoms with Gasteiger partial charge in [0.2, 0.25) is 10.0 Å². The van der Waals surface area contributed by atoms with Crippen molar-refractivity contribution in [2.75, 3.05) is 19.7 Å². The van der Waals surface area contributed by atoms with Gasteiger partial charge in [-0.2, -0.15) is 0 Å². The van der Waals surface area contributed by atoms with E-state index in [1.807, 2.05) is 11.3 Å². The number of oxazole rings is 1. The van der Waals surface area contributed by atoms with E-state index < -0.39 is 15.8 Å². The number of hydrogen-bond acceptors (Lipinski definition) is 7. The number of benzene rings is 1. The Kier molecular flexibility index (Phi) is 6.15. The summed E-state index contributed by atoms with van der Waals surface area (Å²) in [5, 5.41) is 0. The van der Waals surface area contributed by atoms with Crippen LogP contribution in [0.25, 0.3) is 11.1 Å². The highest BCUT2D eigenvalue weighted by atomic mass is 32.2. The fourth-order valence-electron chi connectivity index (χ4n) is 6.24. The van der Waals surface area contributed by atoms with Crippen LogP contribution in [-0.2, 0) is 33.2 Å². The number of hydrogen-bond donors (Lipinski definition) is 2. The van der Waals surface area contributed by atoms with Crippen molar-refractivity contribution in [2.24, 2.45) is 5.92 Å². The number of aryl methyl sites for hydroxylation is 1. The van der Waals surface area contributed by atoms with E-state index >= 15 is 0 Å². The number of sulfonamides is 1. The number of aromatic nitrogens is 1. The Labute approximate surface area is 218 Å². The van der Waals surface area contributed by atoms with E-state index in [0.717, 1.165) is 58.2 Å². The predicted octanol–water partition coefficient (Wildman–Crippen LogP) is 4.25. The van der Waals surface area contributed by atoms with Crippen LogP contribution in [-0.4, -0.2) is 50.1 Å². The molecule has 8 nitrogen and oxygen atoms in total. The third-order valence-electron chi connectivity index (χ3n) is 8.21. The second kappa shape index (κ2) is 9.09.